The van der Waals surface area contributed by atoms with E-state index in [-0.39, 0.29) is 24.8 Å². The molecule has 0 radical (unpaired) electrons. The minimum absolute atomic E-state index is 0.0823. The summed E-state index contributed by atoms with van der Waals surface area (Å²) < 4.78 is 67.2. The van der Waals surface area contributed by atoms with E-state index in [9.17, 15) is 8.78 Å². The van der Waals surface area contributed by atoms with Crippen LogP contribution in [0.25, 0.3) is 5.69 Å². The molecule has 1 fully saturated rings. The summed E-state index contributed by atoms with van der Waals surface area (Å²) >= 11 is 0. The van der Waals surface area contributed by atoms with Crippen molar-refractivity contribution in [2.75, 3.05) is 19.0 Å². The minimum Gasteiger partial charge on any atom is -0.497 e. The molecule has 1 unspecified atom stereocenters. The van der Waals surface area contributed by atoms with Gasteiger partial charge in [-0.1, -0.05) is 18.2 Å². The van der Waals surface area contributed by atoms with Crippen LogP contribution in [0.1, 0.15) is 42.1 Å². The number of hydrogen-bond donors (Lipinski definition) is 1. The molecule has 1 atom stereocenters. The van der Waals surface area contributed by atoms with E-state index in [2.05, 4.69) is 17.0 Å². The molecule has 0 spiro atoms. The Balaban J connectivity index is 1.67. The Morgan fingerprint density at radius 1 is 1.17 bits per heavy atom. The van der Waals surface area contributed by atoms with Crippen molar-refractivity contribution < 1.29 is 22.3 Å². The van der Waals surface area contributed by atoms with Crippen LogP contribution in [-0.2, 0) is 12.5 Å². The molecule has 35 heavy (non-hydrogen) atoms. The number of methoxy groups -OCH3 is 1. The van der Waals surface area contributed by atoms with Crippen molar-refractivity contribution in [2.24, 2.45) is 0 Å². The maximum absolute atomic E-state index is 16.2. The first-order valence-electron chi connectivity index (χ1n) is 11.5. The van der Waals surface area contributed by atoms with E-state index in [1.54, 1.807) is 35.2 Å². The van der Waals surface area contributed by atoms with Gasteiger partial charge in [0.1, 0.15) is 34.8 Å². The van der Waals surface area contributed by atoms with Crippen molar-refractivity contribution in [3.63, 3.8) is 0 Å². The molecule has 0 amide bonds. The summed E-state index contributed by atoms with van der Waals surface area (Å²) in [7, 11) is 1.51. The molecule has 2 heterocycles. The SMILES string of the molecule is C=CCN1Cc2c(nn(-c3ccc(F)cc3F)c2NC2CCC2)C(F)(F)C1c1ccc(OC)cc1. The highest BCUT2D eigenvalue weighted by atomic mass is 19.3. The van der Waals surface area contributed by atoms with Gasteiger partial charge in [0.25, 0.3) is 0 Å². The van der Waals surface area contributed by atoms with Crippen molar-refractivity contribution in [3.05, 3.63) is 83.6 Å². The Morgan fingerprint density at radius 2 is 1.91 bits per heavy atom. The number of anilines is 1. The smallest absolute Gasteiger partial charge is 0.311 e. The monoisotopic (exact) mass is 486 g/mol. The Hall–Kier alpha value is -3.33. The summed E-state index contributed by atoms with van der Waals surface area (Å²) in [6, 6.07) is 8.32. The van der Waals surface area contributed by atoms with Gasteiger partial charge in [0.05, 0.1) is 7.11 Å². The number of aromatic nitrogens is 2. The second kappa shape index (κ2) is 9.03. The van der Waals surface area contributed by atoms with Crippen LogP contribution in [0.4, 0.5) is 23.4 Å². The van der Waals surface area contributed by atoms with Crippen LogP contribution in [-0.4, -0.2) is 34.4 Å². The summed E-state index contributed by atoms with van der Waals surface area (Å²) in [4.78, 5) is 1.64. The van der Waals surface area contributed by atoms with E-state index in [0.717, 1.165) is 36.1 Å². The number of benzene rings is 2. The second-order valence-corrected chi connectivity index (χ2v) is 8.97. The van der Waals surface area contributed by atoms with Gasteiger partial charge in [-0.05, 0) is 49.1 Å². The van der Waals surface area contributed by atoms with Gasteiger partial charge in [-0.25, -0.2) is 13.5 Å². The van der Waals surface area contributed by atoms with Crippen LogP contribution < -0.4 is 10.1 Å². The summed E-state index contributed by atoms with van der Waals surface area (Å²) in [5.41, 5.74) is 0.204. The van der Waals surface area contributed by atoms with Gasteiger partial charge in [-0.3, -0.25) is 4.90 Å². The fraction of sp³-hybridized carbons (Fsp3) is 0.346. The van der Waals surface area contributed by atoms with E-state index in [4.69, 9.17) is 4.74 Å². The van der Waals surface area contributed by atoms with Crippen LogP contribution in [0.3, 0.4) is 0 Å². The lowest BCUT2D eigenvalue weighted by atomic mass is 9.89. The zero-order chi connectivity index (χ0) is 24.7. The van der Waals surface area contributed by atoms with Gasteiger partial charge in [0.15, 0.2) is 5.82 Å². The van der Waals surface area contributed by atoms with Crippen molar-refractivity contribution >= 4 is 5.82 Å². The number of rotatable bonds is 7. The van der Waals surface area contributed by atoms with Crippen molar-refractivity contribution in [2.45, 2.75) is 43.8 Å². The van der Waals surface area contributed by atoms with Gasteiger partial charge in [-0.2, -0.15) is 13.9 Å². The number of nitrogens with zero attached hydrogens (tertiary/aromatic N) is 3. The van der Waals surface area contributed by atoms with Gasteiger partial charge < -0.3 is 10.1 Å². The third-order valence-corrected chi connectivity index (χ3v) is 6.75. The lowest BCUT2D eigenvalue weighted by Gasteiger charge is -2.40. The summed E-state index contributed by atoms with van der Waals surface area (Å²) in [6.45, 7) is 4.12. The van der Waals surface area contributed by atoms with E-state index in [0.29, 0.717) is 22.7 Å². The van der Waals surface area contributed by atoms with E-state index in [1.807, 2.05) is 0 Å². The fourth-order valence-electron chi connectivity index (χ4n) is 4.78. The second-order valence-electron chi connectivity index (χ2n) is 8.97. The number of halogens is 4. The number of nitrogens with one attached hydrogen (secondary N) is 1. The highest BCUT2D eigenvalue weighted by Gasteiger charge is 2.53. The quantitative estimate of drug-likeness (QED) is 0.331. The number of hydrogen-bond acceptors (Lipinski definition) is 4. The predicted octanol–water partition coefficient (Wildman–Crippen LogP) is 5.96. The molecular weight excluding hydrogens is 460 g/mol. The van der Waals surface area contributed by atoms with E-state index < -0.39 is 29.3 Å². The normalized spacial score (nSPS) is 19.6. The minimum atomic E-state index is -3.40. The average Bonchev–Trinajstić information content (AvgIpc) is 3.15. The Labute approximate surface area is 201 Å². The standard InChI is InChI=1S/C26H26F4N4O/c1-3-13-33-15-20-23(26(29,30)24(33)16-7-10-19(35-2)11-8-16)32-34(25(20)31-18-5-4-6-18)22-12-9-17(27)14-21(22)28/h3,7-12,14,18,24,31H,1,4-6,13,15H2,2H3. The molecule has 1 aliphatic carbocycles. The Kier molecular flexibility index (Phi) is 6.04. The molecule has 3 aromatic rings. The topological polar surface area (TPSA) is 42.3 Å². The van der Waals surface area contributed by atoms with Gasteiger partial charge in [0, 0.05) is 30.8 Å². The molecule has 9 heteroatoms. The number of ether oxygens (including phenoxy) is 1. The van der Waals surface area contributed by atoms with Crippen molar-refractivity contribution in [1.29, 1.82) is 0 Å². The lowest BCUT2D eigenvalue weighted by molar-refractivity contribution is -0.106. The molecule has 184 valence electrons. The molecule has 1 aromatic heterocycles. The molecule has 1 aliphatic heterocycles. The summed E-state index contributed by atoms with van der Waals surface area (Å²) in [5.74, 6) is -4.15. The lowest BCUT2D eigenvalue weighted by Crippen LogP contribution is -2.44. The largest absolute Gasteiger partial charge is 0.497 e. The molecular formula is C26H26F4N4O. The van der Waals surface area contributed by atoms with Crippen molar-refractivity contribution in [1.82, 2.24) is 14.7 Å². The third kappa shape index (κ3) is 4.07. The first-order valence-corrected chi connectivity index (χ1v) is 11.5. The molecule has 5 rings (SSSR count). The molecule has 1 N–H and O–H groups in total. The fourth-order valence-corrected chi connectivity index (χ4v) is 4.78. The first-order chi connectivity index (χ1) is 16.8. The van der Waals surface area contributed by atoms with Crippen LogP contribution in [0.5, 0.6) is 5.75 Å². The molecule has 0 bridgehead atoms. The molecule has 2 aliphatic rings. The Morgan fingerprint density at radius 3 is 2.51 bits per heavy atom. The zero-order valence-electron chi connectivity index (χ0n) is 19.3. The van der Waals surface area contributed by atoms with Crippen molar-refractivity contribution in [3.8, 4) is 11.4 Å². The average molecular weight is 487 g/mol. The Bertz CT molecular complexity index is 1240. The van der Waals surface area contributed by atoms with Gasteiger partial charge in [-0.15, -0.1) is 6.58 Å². The predicted molar refractivity (Wildman–Crippen MR) is 125 cm³/mol. The van der Waals surface area contributed by atoms with E-state index >= 15 is 8.78 Å². The number of alkyl halides is 2. The van der Waals surface area contributed by atoms with Gasteiger partial charge in [0.2, 0.25) is 0 Å². The third-order valence-electron chi connectivity index (χ3n) is 6.75. The first kappa shape index (κ1) is 23.4. The molecule has 5 nitrogen and oxygen atoms in total. The molecule has 1 saturated carbocycles. The zero-order valence-corrected chi connectivity index (χ0v) is 19.3. The highest BCUT2D eigenvalue weighted by Crippen LogP contribution is 2.51. The summed E-state index contributed by atoms with van der Waals surface area (Å²) in [5, 5.41) is 7.55. The van der Waals surface area contributed by atoms with Gasteiger partial charge >= 0.3 is 5.92 Å². The maximum atomic E-state index is 16.2. The van der Waals surface area contributed by atoms with E-state index in [1.165, 1.54) is 13.2 Å². The highest BCUT2D eigenvalue weighted by molar-refractivity contribution is 5.57. The van der Waals surface area contributed by atoms with Crippen LogP contribution in [0, 0.1) is 11.6 Å². The summed E-state index contributed by atoms with van der Waals surface area (Å²) in [6.07, 6.45) is 4.37. The van der Waals surface area contributed by atoms with Crippen LogP contribution in [0.2, 0.25) is 0 Å². The molecule has 0 saturated heterocycles. The maximum Gasteiger partial charge on any atom is 0.311 e. The number of fused-ring (bicyclic) bond motifs is 1. The molecule has 2 aromatic carbocycles. The van der Waals surface area contributed by atoms with Crippen LogP contribution in [0.15, 0.2) is 55.1 Å². The van der Waals surface area contributed by atoms with Crippen LogP contribution >= 0.6 is 0 Å².